The molecule has 1 fully saturated rings. The molecule has 0 radical (unpaired) electrons. The molecule has 1 aliphatic rings. The van der Waals surface area contributed by atoms with Crippen molar-refractivity contribution in [3.8, 4) is 17.2 Å². The van der Waals surface area contributed by atoms with E-state index in [1.54, 1.807) is 18.2 Å². The lowest BCUT2D eigenvalue weighted by Gasteiger charge is -2.18. The number of ether oxygens (including phenoxy) is 2. The maximum Gasteiger partial charge on any atom is 0.387 e. The molecule has 0 N–H and O–H groups in total. The van der Waals surface area contributed by atoms with E-state index in [-0.39, 0.29) is 17.5 Å². The van der Waals surface area contributed by atoms with Gasteiger partial charge in [-0.25, -0.2) is 4.39 Å². The van der Waals surface area contributed by atoms with Gasteiger partial charge in [0.2, 0.25) is 0 Å². The number of alkyl halides is 2. The van der Waals surface area contributed by atoms with Crippen LogP contribution in [0.3, 0.4) is 0 Å². The highest BCUT2D eigenvalue weighted by atomic mass is 19.3. The Morgan fingerprint density at radius 1 is 0.800 bits per heavy atom. The maximum absolute atomic E-state index is 15.3. The van der Waals surface area contributed by atoms with E-state index in [9.17, 15) is 8.78 Å². The predicted molar refractivity (Wildman–Crippen MR) is 110 cm³/mol. The summed E-state index contributed by atoms with van der Waals surface area (Å²) in [5, 5.41) is 0. The average Bonchev–Trinajstić information content (AvgIpc) is 3.54. The van der Waals surface area contributed by atoms with Crippen LogP contribution in [0.1, 0.15) is 29.9 Å². The second kappa shape index (κ2) is 9.08. The molecule has 154 valence electrons. The van der Waals surface area contributed by atoms with Crippen molar-refractivity contribution in [2.75, 3.05) is 0 Å². The lowest BCUT2D eigenvalue weighted by molar-refractivity contribution is -0.0498. The first-order valence-electron chi connectivity index (χ1n) is 9.83. The molecule has 0 amide bonds. The number of allylic oxidation sites excluding steroid dienone is 2. The lowest BCUT2D eigenvalue weighted by atomic mass is 9.89. The van der Waals surface area contributed by atoms with Crippen LogP contribution >= 0.6 is 0 Å². The van der Waals surface area contributed by atoms with Crippen LogP contribution in [-0.2, 0) is 0 Å². The van der Waals surface area contributed by atoms with Crippen molar-refractivity contribution in [1.29, 1.82) is 0 Å². The van der Waals surface area contributed by atoms with Gasteiger partial charge in [-0.2, -0.15) is 8.78 Å². The third kappa shape index (κ3) is 5.23. The van der Waals surface area contributed by atoms with E-state index in [1.165, 1.54) is 12.1 Å². The van der Waals surface area contributed by atoms with Crippen LogP contribution in [0.15, 0.2) is 90.8 Å². The van der Waals surface area contributed by atoms with E-state index in [0.29, 0.717) is 17.1 Å². The number of hydrogen-bond donors (Lipinski definition) is 0. The van der Waals surface area contributed by atoms with Gasteiger partial charge in [0.1, 0.15) is 23.1 Å². The summed E-state index contributed by atoms with van der Waals surface area (Å²) in [7, 11) is 0. The smallest absolute Gasteiger partial charge is 0.387 e. The first kappa shape index (κ1) is 20.1. The third-order valence-electron chi connectivity index (χ3n) is 4.90. The monoisotopic (exact) mass is 410 g/mol. The molecule has 1 unspecified atom stereocenters. The minimum absolute atomic E-state index is 0.0419. The summed E-state index contributed by atoms with van der Waals surface area (Å²) in [6.45, 7) is -2.90. The Morgan fingerprint density at radius 2 is 1.50 bits per heavy atom. The quantitative estimate of drug-likeness (QED) is 0.383. The highest BCUT2D eigenvalue weighted by Gasteiger charge is 2.25. The highest BCUT2D eigenvalue weighted by molar-refractivity contribution is 5.44. The molecule has 4 rings (SSSR count). The van der Waals surface area contributed by atoms with Crippen molar-refractivity contribution in [3.63, 3.8) is 0 Å². The zero-order valence-electron chi connectivity index (χ0n) is 16.2. The number of benzene rings is 3. The highest BCUT2D eigenvalue weighted by Crippen LogP contribution is 2.40. The molecule has 3 aromatic rings. The molecular weight excluding hydrogens is 389 g/mol. The van der Waals surface area contributed by atoms with Gasteiger partial charge in [-0.3, -0.25) is 0 Å². The van der Waals surface area contributed by atoms with Crippen molar-refractivity contribution in [2.24, 2.45) is 5.92 Å². The Labute approximate surface area is 173 Å². The second-order valence-electron chi connectivity index (χ2n) is 7.26. The third-order valence-corrected chi connectivity index (χ3v) is 4.90. The molecule has 5 heteroatoms. The Bertz CT molecular complexity index is 996. The van der Waals surface area contributed by atoms with Gasteiger partial charge in [0.05, 0.1) is 5.92 Å². The van der Waals surface area contributed by atoms with Crippen molar-refractivity contribution in [2.45, 2.75) is 25.4 Å². The fourth-order valence-corrected chi connectivity index (χ4v) is 3.32. The fraction of sp³-hybridized carbons (Fsp3) is 0.200. The topological polar surface area (TPSA) is 18.5 Å². The maximum atomic E-state index is 15.3. The summed E-state index contributed by atoms with van der Waals surface area (Å²) >= 11 is 0. The molecule has 1 aliphatic carbocycles. The summed E-state index contributed by atoms with van der Waals surface area (Å²) in [4.78, 5) is 0. The second-order valence-corrected chi connectivity index (χ2v) is 7.26. The number of halogens is 3. The molecule has 0 heterocycles. The minimum Gasteiger partial charge on any atom is -0.457 e. The summed E-state index contributed by atoms with van der Waals surface area (Å²) in [6.07, 6.45) is 3.63. The Hall–Kier alpha value is -3.21. The van der Waals surface area contributed by atoms with Gasteiger partial charge < -0.3 is 9.47 Å². The molecule has 3 aromatic carbocycles. The summed E-state index contributed by atoms with van der Waals surface area (Å²) in [6, 6.07) is 22.7. The van der Waals surface area contributed by atoms with Crippen molar-refractivity contribution in [3.05, 3.63) is 102 Å². The summed E-state index contributed by atoms with van der Waals surface area (Å²) < 4.78 is 50.5. The van der Waals surface area contributed by atoms with E-state index in [2.05, 4.69) is 4.74 Å². The molecule has 30 heavy (non-hydrogen) atoms. The van der Waals surface area contributed by atoms with Gasteiger partial charge in [0, 0.05) is 0 Å². The molecule has 1 saturated carbocycles. The van der Waals surface area contributed by atoms with Gasteiger partial charge in [-0.1, -0.05) is 42.5 Å². The lowest BCUT2D eigenvalue weighted by Crippen LogP contribution is -2.05. The van der Waals surface area contributed by atoms with Crippen LogP contribution in [-0.4, -0.2) is 6.61 Å². The van der Waals surface area contributed by atoms with E-state index >= 15 is 4.39 Å². The number of hydrogen-bond acceptors (Lipinski definition) is 2. The van der Waals surface area contributed by atoms with Crippen molar-refractivity contribution in [1.82, 2.24) is 0 Å². The van der Waals surface area contributed by atoms with Crippen molar-refractivity contribution >= 4 is 0 Å². The Kier molecular flexibility index (Phi) is 6.07. The summed E-state index contributed by atoms with van der Waals surface area (Å²) in [5.41, 5.74) is 1.38. The van der Waals surface area contributed by atoms with E-state index in [0.717, 1.165) is 18.4 Å². The average molecular weight is 410 g/mol. The van der Waals surface area contributed by atoms with Gasteiger partial charge in [0.25, 0.3) is 0 Å². The van der Waals surface area contributed by atoms with Crippen LogP contribution in [0.2, 0.25) is 0 Å². The van der Waals surface area contributed by atoms with Gasteiger partial charge in [0.15, 0.2) is 0 Å². The standard InChI is InChI=1S/C25H21F3O2/c26-23(15-17-9-10-17)24(18-11-13-21(14-12-18)30-25(27)28)19-5-4-8-22(16-19)29-20-6-2-1-3-7-20/h1-8,11-17,24-25H,9-10H2. The van der Waals surface area contributed by atoms with Crippen LogP contribution in [0, 0.1) is 5.92 Å². The molecular formula is C25H21F3O2. The van der Waals surface area contributed by atoms with Gasteiger partial charge >= 0.3 is 6.61 Å². The predicted octanol–water partition coefficient (Wildman–Crippen LogP) is 7.48. The Morgan fingerprint density at radius 3 is 2.17 bits per heavy atom. The van der Waals surface area contributed by atoms with E-state index in [1.807, 2.05) is 54.6 Å². The zero-order chi connectivity index (χ0) is 20.9. The molecule has 0 aliphatic heterocycles. The normalized spacial score (nSPS) is 15.1. The van der Waals surface area contributed by atoms with Crippen LogP contribution in [0.4, 0.5) is 13.2 Å². The molecule has 2 nitrogen and oxygen atoms in total. The van der Waals surface area contributed by atoms with Crippen LogP contribution < -0.4 is 9.47 Å². The fourth-order valence-electron chi connectivity index (χ4n) is 3.32. The molecule has 0 spiro atoms. The van der Waals surface area contributed by atoms with Gasteiger partial charge in [-0.05, 0) is 72.4 Å². The zero-order valence-corrected chi connectivity index (χ0v) is 16.2. The van der Waals surface area contributed by atoms with Crippen molar-refractivity contribution < 1.29 is 22.6 Å². The van der Waals surface area contributed by atoms with E-state index < -0.39 is 12.5 Å². The molecule has 0 bridgehead atoms. The first-order valence-corrected chi connectivity index (χ1v) is 9.83. The summed E-state index contributed by atoms with van der Waals surface area (Å²) in [5.74, 6) is 0.689. The number of rotatable bonds is 8. The molecule has 1 atom stereocenters. The minimum atomic E-state index is -2.90. The molecule has 0 saturated heterocycles. The Balaban J connectivity index is 1.65. The van der Waals surface area contributed by atoms with Gasteiger partial charge in [-0.15, -0.1) is 0 Å². The van der Waals surface area contributed by atoms with Crippen LogP contribution in [0.5, 0.6) is 17.2 Å². The largest absolute Gasteiger partial charge is 0.457 e. The van der Waals surface area contributed by atoms with E-state index in [4.69, 9.17) is 4.74 Å². The SMILES string of the molecule is FC(=CC1CC1)C(c1ccc(OC(F)F)cc1)c1cccc(Oc2ccccc2)c1. The van der Waals surface area contributed by atoms with Crippen LogP contribution in [0.25, 0.3) is 0 Å². The first-order chi connectivity index (χ1) is 14.6. The molecule has 0 aromatic heterocycles. The number of para-hydroxylation sites is 1.